The van der Waals surface area contributed by atoms with Crippen molar-refractivity contribution in [2.24, 2.45) is 0 Å². The highest BCUT2D eigenvalue weighted by atomic mass is 15.2. The van der Waals surface area contributed by atoms with Crippen LogP contribution in [0.3, 0.4) is 0 Å². The van der Waals surface area contributed by atoms with E-state index < -0.39 is 0 Å². The molecule has 1 heterocycles. The summed E-state index contributed by atoms with van der Waals surface area (Å²) in [5, 5.41) is 3.67. The van der Waals surface area contributed by atoms with Crippen LogP contribution < -0.4 is 5.32 Å². The third-order valence-electron chi connectivity index (χ3n) is 4.51. The Morgan fingerprint density at radius 3 is 2.58 bits per heavy atom. The van der Waals surface area contributed by atoms with E-state index in [2.05, 4.69) is 43.1 Å². The van der Waals surface area contributed by atoms with Crippen molar-refractivity contribution in [3.8, 4) is 0 Å². The fourth-order valence-corrected chi connectivity index (χ4v) is 2.91. The van der Waals surface area contributed by atoms with Crippen molar-refractivity contribution in [1.29, 1.82) is 0 Å². The summed E-state index contributed by atoms with van der Waals surface area (Å²) in [6.07, 6.45) is 8.06. The lowest BCUT2D eigenvalue weighted by molar-refractivity contribution is 0.144. The maximum Gasteiger partial charge on any atom is 0.0117 e. The highest BCUT2D eigenvalue weighted by Gasteiger charge is 2.19. The van der Waals surface area contributed by atoms with Crippen LogP contribution in [-0.4, -0.2) is 62.2 Å². The van der Waals surface area contributed by atoms with Gasteiger partial charge >= 0.3 is 0 Å². The molecule has 0 spiro atoms. The van der Waals surface area contributed by atoms with Crippen LogP contribution in [0, 0.1) is 0 Å². The van der Waals surface area contributed by atoms with E-state index in [0.29, 0.717) is 6.04 Å². The zero-order chi connectivity index (χ0) is 14.1. The van der Waals surface area contributed by atoms with E-state index in [1.165, 1.54) is 58.2 Å². The standard InChI is InChI=1S/C16H35N3/c1-5-6-7-8-15(2)17-11-14-19(4)16-9-12-18(3)13-10-16/h15-17H,5-14H2,1-4H3. The van der Waals surface area contributed by atoms with Crippen molar-refractivity contribution in [2.45, 2.75) is 64.5 Å². The van der Waals surface area contributed by atoms with Crippen molar-refractivity contribution in [1.82, 2.24) is 15.1 Å². The molecule has 0 aromatic heterocycles. The van der Waals surface area contributed by atoms with Gasteiger partial charge in [-0.1, -0.05) is 26.2 Å². The molecular weight excluding hydrogens is 234 g/mol. The second-order valence-electron chi connectivity index (χ2n) is 6.37. The Balaban J connectivity index is 2.04. The minimum atomic E-state index is 0.678. The smallest absolute Gasteiger partial charge is 0.0117 e. The molecule has 1 rings (SSSR count). The van der Waals surface area contributed by atoms with Gasteiger partial charge in [0.1, 0.15) is 0 Å². The first-order valence-electron chi connectivity index (χ1n) is 8.25. The Morgan fingerprint density at radius 2 is 1.95 bits per heavy atom. The lowest BCUT2D eigenvalue weighted by Crippen LogP contribution is -2.44. The van der Waals surface area contributed by atoms with Crippen molar-refractivity contribution in [3.05, 3.63) is 0 Å². The Kier molecular flexibility index (Phi) is 8.67. The summed E-state index contributed by atoms with van der Waals surface area (Å²) in [4.78, 5) is 5.00. The quantitative estimate of drug-likeness (QED) is 0.649. The highest BCUT2D eigenvalue weighted by Crippen LogP contribution is 2.13. The summed E-state index contributed by atoms with van der Waals surface area (Å²) in [7, 11) is 4.52. The fraction of sp³-hybridized carbons (Fsp3) is 1.00. The van der Waals surface area contributed by atoms with E-state index in [1.54, 1.807) is 0 Å². The molecule has 114 valence electrons. The molecule has 0 aromatic carbocycles. The van der Waals surface area contributed by atoms with Crippen molar-refractivity contribution in [3.63, 3.8) is 0 Å². The minimum Gasteiger partial charge on any atom is -0.313 e. The van der Waals surface area contributed by atoms with Gasteiger partial charge in [-0.3, -0.25) is 0 Å². The van der Waals surface area contributed by atoms with Crippen LogP contribution >= 0.6 is 0 Å². The predicted molar refractivity (Wildman–Crippen MR) is 84.8 cm³/mol. The Morgan fingerprint density at radius 1 is 1.26 bits per heavy atom. The van der Waals surface area contributed by atoms with Crippen molar-refractivity contribution in [2.75, 3.05) is 40.3 Å². The van der Waals surface area contributed by atoms with Crippen LogP contribution in [-0.2, 0) is 0 Å². The topological polar surface area (TPSA) is 18.5 Å². The van der Waals surface area contributed by atoms with E-state index in [1.807, 2.05) is 0 Å². The first-order valence-corrected chi connectivity index (χ1v) is 8.25. The van der Waals surface area contributed by atoms with E-state index in [0.717, 1.165) is 12.6 Å². The van der Waals surface area contributed by atoms with Gasteiger partial charge in [0.15, 0.2) is 0 Å². The molecule has 1 N–H and O–H groups in total. The molecule has 0 bridgehead atoms. The van der Waals surface area contributed by atoms with Gasteiger partial charge in [-0.25, -0.2) is 0 Å². The summed E-state index contributed by atoms with van der Waals surface area (Å²) < 4.78 is 0. The normalized spacial score (nSPS) is 20.1. The van der Waals surface area contributed by atoms with E-state index in [4.69, 9.17) is 0 Å². The number of nitrogens with zero attached hydrogens (tertiary/aromatic N) is 2. The van der Waals surface area contributed by atoms with Crippen molar-refractivity contribution >= 4 is 0 Å². The monoisotopic (exact) mass is 269 g/mol. The number of hydrogen-bond donors (Lipinski definition) is 1. The van der Waals surface area contributed by atoms with Crippen LogP contribution in [0.15, 0.2) is 0 Å². The van der Waals surface area contributed by atoms with Crippen LogP contribution in [0.4, 0.5) is 0 Å². The molecule has 1 unspecified atom stereocenters. The molecule has 1 aliphatic rings. The summed E-state index contributed by atoms with van der Waals surface area (Å²) in [6, 6.07) is 1.48. The Hall–Kier alpha value is -0.120. The molecule has 0 amide bonds. The molecule has 3 heteroatoms. The first kappa shape index (κ1) is 16.9. The van der Waals surface area contributed by atoms with Gasteiger partial charge in [-0.05, 0) is 53.4 Å². The van der Waals surface area contributed by atoms with Gasteiger partial charge in [-0.2, -0.15) is 0 Å². The molecular formula is C16H35N3. The average molecular weight is 269 g/mol. The molecule has 1 fully saturated rings. The predicted octanol–water partition coefficient (Wildman–Crippen LogP) is 2.57. The number of likely N-dealkylation sites (N-methyl/N-ethyl adjacent to an activating group) is 1. The second-order valence-corrected chi connectivity index (χ2v) is 6.37. The van der Waals surface area contributed by atoms with Gasteiger partial charge in [0, 0.05) is 25.2 Å². The molecule has 1 atom stereocenters. The number of nitrogens with one attached hydrogen (secondary N) is 1. The SMILES string of the molecule is CCCCCC(C)NCCN(C)C1CCN(C)CC1. The largest absolute Gasteiger partial charge is 0.313 e. The summed E-state index contributed by atoms with van der Waals surface area (Å²) in [6.45, 7) is 9.44. The van der Waals surface area contributed by atoms with E-state index in [-0.39, 0.29) is 0 Å². The van der Waals surface area contributed by atoms with Gasteiger partial charge in [-0.15, -0.1) is 0 Å². The van der Waals surface area contributed by atoms with Gasteiger partial charge < -0.3 is 15.1 Å². The fourth-order valence-electron chi connectivity index (χ4n) is 2.91. The summed E-state index contributed by atoms with van der Waals surface area (Å²) in [5.74, 6) is 0. The molecule has 0 radical (unpaired) electrons. The first-order chi connectivity index (χ1) is 9.13. The maximum absolute atomic E-state index is 3.67. The van der Waals surface area contributed by atoms with E-state index >= 15 is 0 Å². The second kappa shape index (κ2) is 9.73. The van der Waals surface area contributed by atoms with Crippen molar-refractivity contribution < 1.29 is 0 Å². The number of piperidine rings is 1. The molecule has 3 nitrogen and oxygen atoms in total. The Bertz CT molecular complexity index is 212. The molecule has 1 aliphatic heterocycles. The van der Waals surface area contributed by atoms with Crippen LogP contribution in [0.5, 0.6) is 0 Å². The number of likely N-dealkylation sites (tertiary alicyclic amines) is 1. The van der Waals surface area contributed by atoms with Gasteiger partial charge in [0.25, 0.3) is 0 Å². The van der Waals surface area contributed by atoms with Gasteiger partial charge in [0.05, 0.1) is 0 Å². The number of unbranched alkanes of at least 4 members (excludes halogenated alkanes) is 2. The molecule has 0 aliphatic carbocycles. The molecule has 0 aromatic rings. The lowest BCUT2D eigenvalue weighted by atomic mass is 10.0. The zero-order valence-electron chi connectivity index (χ0n) is 13.6. The average Bonchev–Trinajstić information content (AvgIpc) is 2.39. The molecule has 0 saturated carbocycles. The number of rotatable bonds is 9. The third kappa shape index (κ3) is 7.28. The maximum atomic E-state index is 3.67. The Labute approximate surface area is 120 Å². The van der Waals surface area contributed by atoms with E-state index in [9.17, 15) is 0 Å². The molecule has 1 saturated heterocycles. The minimum absolute atomic E-state index is 0.678. The number of hydrogen-bond acceptors (Lipinski definition) is 3. The summed E-state index contributed by atoms with van der Waals surface area (Å²) >= 11 is 0. The lowest BCUT2D eigenvalue weighted by Gasteiger charge is -2.35. The third-order valence-corrected chi connectivity index (χ3v) is 4.51. The van der Waals surface area contributed by atoms with Crippen LogP contribution in [0.25, 0.3) is 0 Å². The highest BCUT2D eigenvalue weighted by molar-refractivity contribution is 4.77. The zero-order valence-corrected chi connectivity index (χ0v) is 13.6. The molecule has 19 heavy (non-hydrogen) atoms. The van der Waals surface area contributed by atoms with Crippen LogP contribution in [0.2, 0.25) is 0 Å². The van der Waals surface area contributed by atoms with Crippen LogP contribution in [0.1, 0.15) is 52.4 Å². The summed E-state index contributed by atoms with van der Waals surface area (Å²) in [5.41, 5.74) is 0. The van der Waals surface area contributed by atoms with Gasteiger partial charge in [0.2, 0.25) is 0 Å².